The summed E-state index contributed by atoms with van der Waals surface area (Å²) in [7, 11) is 0. The molecule has 1 unspecified atom stereocenters. The third kappa shape index (κ3) is 1.34. The Balaban J connectivity index is 2.37. The van der Waals surface area contributed by atoms with Crippen LogP contribution < -0.4 is 5.73 Å². The van der Waals surface area contributed by atoms with Crippen LogP contribution in [0.3, 0.4) is 0 Å². The topological polar surface area (TPSA) is 59.1 Å². The first kappa shape index (κ1) is 8.66. The highest BCUT2D eigenvalue weighted by atomic mass is 16.3. The summed E-state index contributed by atoms with van der Waals surface area (Å²) in [5.74, 6) is 0. The molecule has 0 saturated heterocycles. The molecule has 0 spiro atoms. The fourth-order valence-corrected chi connectivity index (χ4v) is 2.03. The molecule has 1 aromatic rings. The van der Waals surface area contributed by atoms with Gasteiger partial charge in [-0.25, -0.2) is 0 Å². The third-order valence-electron chi connectivity index (χ3n) is 2.78. The second-order valence-electron chi connectivity index (χ2n) is 3.60. The Morgan fingerprint density at radius 3 is 3.23 bits per heavy atom. The molecule has 0 fully saturated rings. The molecule has 1 aliphatic carbocycles. The van der Waals surface area contributed by atoms with E-state index in [-0.39, 0.29) is 0 Å². The molecule has 3 N–H and O–H groups in total. The summed E-state index contributed by atoms with van der Waals surface area (Å²) in [6, 6.07) is 1.98. The molecule has 13 heavy (non-hydrogen) atoms. The Morgan fingerprint density at radius 2 is 2.46 bits per heavy atom. The molecule has 1 heterocycles. The molecule has 0 aliphatic heterocycles. The molecule has 70 valence electrons. The molecule has 0 aromatic carbocycles. The fraction of sp³-hybridized carbons (Fsp3) is 0.500. The number of rotatable bonds is 2. The summed E-state index contributed by atoms with van der Waals surface area (Å²) in [6.45, 7) is 0.519. The lowest BCUT2D eigenvalue weighted by molar-refractivity contribution is 0.0318. The monoisotopic (exact) mass is 178 g/mol. The molecule has 2 rings (SSSR count). The Kier molecular flexibility index (Phi) is 2.06. The Bertz CT molecular complexity index is 310. The molecule has 1 atom stereocenters. The van der Waals surface area contributed by atoms with Gasteiger partial charge in [-0.1, -0.05) is 0 Å². The van der Waals surface area contributed by atoms with Crippen LogP contribution in [-0.2, 0) is 12.0 Å². The van der Waals surface area contributed by atoms with Crippen molar-refractivity contribution in [3.05, 3.63) is 29.6 Å². The number of hydrogen-bond acceptors (Lipinski definition) is 3. The lowest BCUT2D eigenvalue weighted by atomic mass is 9.94. The lowest BCUT2D eigenvalue weighted by Crippen LogP contribution is -2.25. The minimum atomic E-state index is -0.710. The SMILES string of the molecule is NCCC1(O)CCc2ccncc21. The maximum Gasteiger partial charge on any atom is 0.0929 e. The van der Waals surface area contributed by atoms with E-state index < -0.39 is 5.60 Å². The number of fused-ring (bicyclic) bond motifs is 1. The maximum absolute atomic E-state index is 10.2. The van der Waals surface area contributed by atoms with Gasteiger partial charge in [0.15, 0.2) is 0 Å². The van der Waals surface area contributed by atoms with Crippen LogP contribution >= 0.6 is 0 Å². The second kappa shape index (κ2) is 3.09. The Labute approximate surface area is 77.6 Å². The second-order valence-corrected chi connectivity index (χ2v) is 3.60. The zero-order valence-corrected chi connectivity index (χ0v) is 7.53. The highest BCUT2D eigenvalue weighted by molar-refractivity contribution is 5.34. The van der Waals surface area contributed by atoms with Crippen molar-refractivity contribution in [1.29, 1.82) is 0 Å². The van der Waals surface area contributed by atoms with Gasteiger partial charge in [0.25, 0.3) is 0 Å². The van der Waals surface area contributed by atoms with E-state index in [2.05, 4.69) is 4.98 Å². The van der Waals surface area contributed by atoms with E-state index >= 15 is 0 Å². The Hall–Kier alpha value is -0.930. The molecule has 1 aliphatic rings. The molecule has 3 nitrogen and oxygen atoms in total. The first-order valence-corrected chi connectivity index (χ1v) is 4.62. The summed E-state index contributed by atoms with van der Waals surface area (Å²) < 4.78 is 0. The summed E-state index contributed by atoms with van der Waals surface area (Å²) >= 11 is 0. The van der Waals surface area contributed by atoms with Gasteiger partial charge in [-0.05, 0) is 37.4 Å². The van der Waals surface area contributed by atoms with Crippen LogP contribution in [0.4, 0.5) is 0 Å². The standard InChI is InChI=1S/C10H14N2O/c11-5-4-10(13)3-1-8-2-6-12-7-9(8)10/h2,6-7,13H,1,3-5,11H2. The van der Waals surface area contributed by atoms with Gasteiger partial charge in [-0.2, -0.15) is 0 Å². The van der Waals surface area contributed by atoms with Crippen LogP contribution in [0.5, 0.6) is 0 Å². The molecule has 0 saturated carbocycles. The van der Waals surface area contributed by atoms with Crippen LogP contribution in [0.2, 0.25) is 0 Å². The van der Waals surface area contributed by atoms with E-state index in [1.165, 1.54) is 5.56 Å². The van der Waals surface area contributed by atoms with Crippen LogP contribution in [0.15, 0.2) is 18.5 Å². The van der Waals surface area contributed by atoms with Crippen LogP contribution in [0.25, 0.3) is 0 Å². The van der Waals surface area contributed by atoms with Gasteiger partial charge in [0.2, 0.25) is 0 Å². The summed E-state index contributed by atoms with van der Waals surface area (Å²) in [5, 5.41) is 10.2. The van der Waals surface area contributed by atoms with Gasteiger partial charge in [0, 0.05) is 18.0 Å². The van der Waals surface area contributed by atoms with Crippen molar-refractivity contribution in [1.82, 2.24) is 4.98 Å². The normalized spacial score (nSPS) is 26.0. The smallest absolute Gasteiger partial charge is 0.0929 e. The van der Waals surface area contributed by atoms with Gasteiger partial charge in [0.05, 0.1) is 5.60 Å². The van der Waals surface area contributed by atoms with Crippen molar-refractivity contribution in [2.45, 2.75) is 24.9 Å². The minimum Gasteiger partial charge on any atom is -0.385 e. The van der Waals surface area contributed by atoms with E-state index in [9.17, 15) is 5.11 Å². The van der Waals surface area contributed by atoms with Gasteiger partial charge in [-0.15, -0.1) is 0 Å². The fourth-order valence-electron chi connectivity index (χ4n) is 2.03. The number of pyridine rings is 1. The van der Waals surface area contributed by atoms with E-state index in [1.54, 1.807) is 12.4 Å². The third-order valence-corrected chi connectivity index (χ3v) is 2.78. The van der Waals surface area contributed by atoms with Crippen LogP contribution in [0.1, 0.15) is 24.0 Å². The average Bonchev–Trinajstić information content (AvgIpc) is 2.46. The van der Waals surface area contributed by atoms with E-state index in [0.717, 1.165) is 18.4 Å². The number of aromatic nitrogens is 1. The molecular formula is C10H14N2O. The molecule has 3 heteroatoms. The van der Waals surface area contributed by atoms with Crippen LogP contribution in [-0.4, -0.2) is 16.6 Å². The van der Waals surface area contributed by atoms with Crippen molar-refractivity contribution in [3.8, 4) is 0 Å². The summed E-state index contributed by atoms with van der Waals surface area (Å²) in [4.78, 5) is 4.03. The molecular weight excluding hydrogens is 164 g/mol. The Morgan fingerprint density at radius 1 is 1.62 bits per heavy atom. The van der Waals surface area contributed by atoms with Gasteiger partial charge < -0.3 is 10.8 Å². The largest absolute Gasteiger partial charge is 0.385 e. The molecule has 0 amide bonds. The van der Waals surface area contributed by atoms with Crippen molar-refractivity contribution < 1.29 is 5.11 Å². The zero-order chi connectivity index (χ0) is 9.31. The molecule has 1 aromatic heterocycles. The van der Waals surface area contributed by atoms with E-state index in [0.29, 0.717) is 13.0 Å². The highest BCUT2D eigenvalue weighted by Gasteiger charge is 2.35. The molecule has 0 radical (unpaired) electrons. The number of aryl methyl sites for hydroxylation is 1. The number of nitrogens with two attached hydrogens (primary N) is 1. The van der Waals surface area contributed by atoms with Crippen molar-refractivity contribution >= 4 is 0 Å². The van der Waals surface area contributed by atoms with Crippen LogP contribution in [0, 0.1) is 0 Å². The van der Waals surface area contributed by atoms with Crippen molar-refractivity contribution in [2.24, 2.45) is 5.73 Å². The van der Waals surface area contributed by atoms with Gasteiger partial charge in [0.1, 0.15) is 0 Å². The van der Waals surface area contributed by atoms with Crippen molar-refractivity contribution in [3.63, 3.8) is 0 Å². The number of hydrogen-bond donors (Lipinski definition) is 2. The number of aliphatic hydroxyl groups is 1. The predicted molar refractivity (Wildman–Crippen MR) is 50.1 cm³/mol. The molecule has 0 bridgehead atoms. The first-order valence-electron chi connectivity index (χ1n) is 4.62. The van der Waals surface area contributed by atoms with E-state index in [4.69, 9.17) is 5.73 Å². The van der Waals surface area contributed by atoms with Crippen molar-refractivity contribution in [2.75, 3.05) is 6.54 Å². The highest BCUT2D eigenvalue weighted by Crippen LogP contribution is 2.38. The van der Waals surface area contributed by atoms with E-state index in [1.807, 2.05) is 6.07 Å². The lowest BCUT2D eigenvalue weighted by Gasteiger charge is -2.22. The number of nitrogens with zero attached hydrogens (tertiary/aromatic N) is 1. The predicted octanol–water partition coefficient (Wildman–Crippen LogP) is 0.564. The van der Waals surface area contributed by atoms with Gasteiger partial charge in [-0.3, -0.25) is 4.98 Å². The average molecular weight is 178 g/mol. The van der Waals surface area contributed by atoms with Gasteiger partial charge >= 0.3 is 0 Å². The summed E-state index contributed by atoms with van der Waals surface area (Å²) in [5.41, 5.74) is 6.95. The summed E-state index contributed by atoms with van der Waals surface area (Å²) in [6.07, 6.45) is 5.89. The quantitative estimate of drug-likeness (QED) is 0.695. The minimum absolute atomic E-state index is 0.519. The zero-order valence-electron chi connectivity index (χ0n) is 7.53. The first-order chi connectivity index (χ1) is 6.26. The maximum atomic E-state index is 10.2.